The highest BCUT2D eigenvalue weighted by atomic mass is 16.4. The van der Waals surface area contributed by atoms with E-state index in [4.69, 9.17) is 5.73 Å². The van der Waals surface area contributed by atoms with E-state index in [9.17, 15) is 19.5 Å². The lowest BCUT2D eigenvalue weighted by Gasteiger charge is -2.13. The zero-order chi connectivity index (χ0) is 19.4. The largest absolute Gasteiger partial charge is 0.480 e. The van der Waals surface area contributed by atoms with E-state index >= 15 is 0 Å². The van der Waals surface area contributed by atoms with E-state index in [2.05, 4.69) is 10.3 Å². The predicted molar refractivity (Wildman–Crippen MR) is 97.9 cm³/mol. The van der Waals surface area contributed by atoms with Crippen LogP contribution >= 0.6 is 0 Å². The molecule has 0 spiro atoms. The summed E-state index contributed by atoms with van der Waals surface area (Å²) in [7, 11) is 0. The number of hydrogen-bond acceptors (Lipinski definition) is 4. The molecule has 0 fully saturated rings. The number of imidazole rings is 1. The van der Waals surface area contributed by atoms with Gasteiger partial charge < -0.3 is 20.6 Å². The number of primary amides is 1. The fourth-order valence-electron chi connectivity index (χ4n) is 2.66. The molecule has 0 aliphatic rings. The standard InChI is InChI=1S/C19H18N4O4/c20-16(24)7-6-14(19(26)27)22-18(25)13-8-9-23-11-15(21-17(23)10-13)12-4-2-1-3-5-12/h1-5,8-11,14H,6-7H2,(H2,20,24)(H,22,25)(H,26,27). The minimum atomic E-state index is -1.22. The third-order valence-corrected chi connectivity index (χ3v) is 4.07. The molecule has 8 nitrogen and oxygen atoms in total. The molecule has 3 aromatic rings. The monoisotopic (exact) mass is 366 g/mol. The molecule has 1 atom stereocenters. The van der Waals surface area contributed by atoms with E-state index in [1.807, 2.05) is 36.5 Å². The van der Waals surface area contributed by atoms with Crippen LogP contribution in [0.15, 0.2) is 54.9 Å². The van der Waals surface area contributed by atoms with Crippen LogP contribution in [-0.2, 0) is 9.59 Å². The van der Waals surface area contributed by atoms with Gasteiger partial charge in [-0.15, -0.1) is 0 Å². The van der Waals surface area contributed by atoms with Gasteiger partial charge >= 0.3 is 5.97 Å². The smallest absolute Gasteiger partial charge is 0.326 e. The Morgan fingerprint density at radius 1 is 1.19 bits per heavy atom. The van der Waals surface area contributed by atoms with Crippen molar-refractivity contribution in [2.45, 2.75) is 18.9 Å². The fraction of sp³-hybridized carbons (Fsp3) is 0.158. The summed E-state index contributed by atoms with van der Waals surface area (Å²) >= 11 is 0. The van der Waals surface area contributed by atoms with Gasteiger partial charge in [0.1, 0.15) is 11.7 Å². The van der Waals surface area contributed by atoms with Gasteiger partial charge in [-0.1, -0.05) is 30.3 Å². The number of fused-ring (bicyclic) bond motifs is 1. The summed E-state index contributed by atoms with van der Waals surface area (Å²) in [6, 6.07) is 11.6. The van der Waals surface area contributed by atoms with Crippen LogP contribution in [0.4, 0.5) is 0 Å². The van der Waals surface area contributed by atoms with Crippen LogP contribution in [0.25, 0.3) is 16.9 Å². The normalized spacial score (nSPS) is 11.9. The van der Waals surface area contributed by atoms with E-state index in [-0.39, 0.29) is 18.4 Å². The van der Waals surface area contributed by atoms with Crippen LogP contribution in [0.1, 0.15) is 23.2 Å². The Balaban J connectivity index is 1.80. The maximum absolute atomic E-state index is 12.4. The first-order valence-corrected chi connectivity index (χ1v) is 8.30. The van der Waals surface area contributed by atoms with Gasteiger partial charge in [0, 0.05) is 29.9 Å². The minimum Gasteiger partial charge on any atom is -0.480 e. The number of nitrogens with one attached hydrogen (secondary N) is 1. The van der Waals surface area contributed by atoms with Gasteiger partial charge in [0.15, 0.2) is 0 Å². The first-order chi connectivity index (χ1) is 12.9. The van der Waals surface area contributed by atoms with Gasteiger partial charge in [0.05, 0.1) is 5.69 Å². The lowest BCUT2D eigenvalue weighted by molar-refractivity contribution is -0.139. The molecular weight excluding hydrogens is 348 g/mol. The number of amides is 2. The molecule has 1 aromatic carbocycles. The maximum atomic E-state index is 12.4. The molecule has 0 radical (unpaired) electrons. The van der Waals surface area contributed by atoms with Crippen molar-refractivity contribution in [2.24, 2.45) is 5.73 Å². The SMILES string of the molecule is NC(=O)CCC(NC(=O)c1ccn2cc(-c3ccccc3)nc2c1)C(=O)O. The highest BCUT2D eigenvalue weighted by Crippen LogP contribution is 2.19. The Morgan fingerprint density at radius 3 is 2.59 bits per heavy atom. The molecule has 2 amide bonds. The number of aliphatic carboxylic acids is 1. The number of nitrogens with zero attached hydrogens (tertiary/aromatic N) is 2. The molecule has 2 aromatic heterocycles. The topological polar surface area (TPSA) is 127 Å². The summed E-state index contributed by atoms with van der Waals surface area (Å²) < 4.78 is 1.78. The maximum Gasteiger partial charge on any atom is 0.326 e. The van der Waals surface area contributed by atoms with Crippen molar-refractivity contribution in [3.63, 3.8) is 0 Å². The molecule has 0 saturated heterocycles. The number of benzene rings is 1. The van der Waals surface area contributed by atoms with Crippen LogP contribution in [0.2, 0.25) is 0 Å². The fourth-order valence-corrected chi connectivity index (χ4v) is 2.66. The van der Waals surface area contributed by atoms with Crippen molar-refractivity contribution in [1.29, 1.82) is 0 Å². The predicted octanol–water partition coefficient (Wildman–Crippen LogP) is 1.45. The second-order valence-corrected chi connectivity index (χ2v) is 6.04. The second kappa shape index (κ2) is 7.69. The lowest BCUT2D eigenvalue weighted by atomic mass is 10.1. The van der Waals surface area contributed by atoms with Gasteiger partial charge in [-0.05, 0) is 18.6 Å². The molecule has 0 bridgehead atoms. The summed E-state index contributed by atoms with van der Waals surface area (Å²) in [6.07, 6.45) is 3.33. The average Bonchev–Trinajstić information content (AvgIpc) is 3.08. The third kappa shape index (κ3) is 4.30. The molecule has 3 rings (SSSR count). The Labute approximate surface area is 154 Å². The summed E-state index contributed by atoms with van der Waals surface area (Å²) in [6.45, 7) is 0. The van der Waals surface area contributed by atoms with E-state index in [0.717, 1.165) is 11.3 Å². The highest BCUT2D eigenvalue weighted by molar-refractivity contribution is 5.97. The summed E-state index contributed by atoms with van der Waals surface area (Å²) in [4.78, 5) is 39.0. The van der Waals surface area contributed by atoms with E-state index < -0.39 is 23.8 Å². The van der Waals surface area contributed by atoms with E-state index in [1.54, 1.807) is 22.7 Å². The molecule has 2 heterocycles. The van der Waals surface area contributed by atoms with Crippen molar-refractivity contribution in [2.75, 3.05) is 0 Å². The van der Waals surface area contributed by atoms with Crippen molar-refractivity contribution < 1.29 is 19.5 Å². The van der Waals surface area contributed by atoms with Crippen LogP contribution in [-0.4, -0.2) is 38.3 Å². The van der Waals surface area contributed by atoms with Crippen LogP contribution < -0.4 is 11.1 Å². The van der Waals surface area contributed by atoms with Gasteiger partial charge in [0.25, 0.3) is 5.91 Å². The number of carbonyl (C=O) groups is 3. The third-order valence-electron chi connectivity index (χ3n) is 4.07. The molecule has 1 unspecified atom stereocenters. The van der Waals surface area contributed by atoms with E-state index in [0.29, 0.717) is 5.65 Å². The lowest BCUT2D eigenvalue weighted by Crippen LogP contribution is -2.41. The van der Waals surface area contributed by atoms with Crippen molar-refractivity contribution in [3.05, 3.63) is 60.4 Å². The van der Waals surface area contributed by atoms with Crippen molar-refractivity contribution >= 4 is 23.4 Å². The Kier molecular flexibility index (Phi) is 5.16. The molecule has 4 N–H and O–H groups in total. The molecule has 0 aliphatic carbocycles. The van der Waals surface area contributed by atoms with Crippen LogP contribution in [0.5, 0.6) is 0 Å². The Hall–Kier alpha value is -3.68. The second-order valence-electron chi connectivity index (χ2n) is 6.04. The first kappa shape index (κ1) is 18.1. The number of rotatable bonds is 7. The molecule has 0 aliphatic heterocycles. The first-order valence-electron chi connectivity index (χ1n) is 8.30. The Bertz CT molecular complexity index is 997. The van der Waals surface area contributed by atoms with E-state index in [1.165, 1.54) is 0 Å². The molecule has 0 saturated carbocycles. The van der Waals surface area contributed by atoms with Crippen LogP contribution in [0, 0.1) is 0 Å². The number of carbonyl (C=O) groups excluding carboxylic acids is 2. The molecule has 8 heteroatoms. The zero-order valence-electron chi connectivity index (χ0n) is 14.3. The summed E-state index contributed by atoms with van der Waals surface area (Å²) in [5, 5.41) is 11.6. The number of pyridine rings is 1. The van der Waals surface area contributed by atoms with Gasteiger partial charge in [-0.25, -0.2) is 9.78 Å². The quantitative estimate of drug-likeness (QED) is 0.583. The number of aromatic nitrogens is 2. The number of carboxylic acid groups (broad SMARTS) is 1. The Morgan fingerprint density at radius 2 is 1.93 bits per heavy atom. The van der Waals surface area contributed by atoms with Gasteiger partial charge in [-0.2, -0.15) is 0 Å². The molecular formula is C19H18N4O4. The number of nitrogens with two attached hydrogens (primary N) is 1. The zero-order valence-corrected chi connectivity index (χ0v) is 14.3. The van der Waals surface area contributed by atoms with Gasteiger partial charge in [-0.3, -0.25) is 9.59 Å². The summed E-state index contributed by atoms with van der Waals surface area (Å²) in [5.74, 6) is -2.40. The van der Waals surface area contributed by atoms with Gasteiger partial charge in [0.2, 0.25) is 5.91 Å². The summed E-state index contributed by atoms with van der Waals surface area (Å²) in [5.41, 5.74) is 7.59. The number of hydrogen-bond donors (Lipinski definition) is 3. The highest BCUT2D eigenvalue weighted by Gasteiger charge is 2.21. The van der Waals surface area contributed by atoms with Crippen LogP contribution in [0.3, 0.4) is 0 Å². The minimum absolute atomic E-state index is 0.0693. The molecule has 138 valence electrons. The molecule has 27 heavy (non-hydrogen) atoms. The number of carboxylic acids is 1. The average molecular weight is 366 g/mol. The van der Waals surface area contributed by atoms with Crippen molar-refractivity contribution in [3.8, 4) is 11.3 Å². The van der Waals surface area contributed by atoms with Crippen molar-refractivity contribution in [1.82, 2.24) is 14.7 Å².